The van der Waals surface area contributed by atoms with Gasteiger partial charge in [0.1, 0.15) is 0 Å². The average Bonchev–Trinajstić information content (AvgIpc) is 2.99. The maximum Gasteiger partial charge on any atom is 0.172 e. The Hall–Kier alpha value is -2.67. The van der Waals surface area contributed by atoms with Crippen molar-refractivity contribution in [1.82, 2.24) is 9.78 Å². The van der Waals surface area contributed by atoms with Crippen LogP contribution in [0, 0.1) is 0 Å². The number of aromatic hydroxyl groups is 2. The number of aromatic nitrogens is 2. The monoisotopic (exact) mass is 404 g/mol. The Kier molecular flexibility index (Phi) is 4.59. The highest BCUT2D eigenvalue weighted by Gasteiger charge is 2.15. The molecule has 0 unspecified atom stereocenters. The quantitative estimate of drug-likeness (QED) is 0.688. The molecule has 0 aliphatic carbocycles. The first-order valence-electron chi connectivity index (χ1n) is 7.43. The zero-order valence-corrected chi connectivity index (χ0v) is 15.5. The van der Waals surface area contributed by atoms with E-state index in [1.54, 1.807) is 35.0 Å². The Balaban J connectivity index is 2.08. The molecular formula is C18H17BrN2O4. The molecule has 0 spiro atoms. The molecule has 3 aromatic rings. The third-order valence-corrected chi connectivity index (χ3v) is 4.50. The molecule has 0 amide bonds. The summed E-state index contributed by atoms with van der Waals surface area (Å²) in [6, 6.07) is 10.6. The molecule has 1 aromatic heterocycles. The van der Waals surface area contributed by atoms with Crippen molar-refractivity contribution < 1.29 is 19.7 Å². The molecule has 0 fully saturated rings. The number of hydrogen-bond donors (Lipinski definition) is 2. The predicted octanol–water partition coefficient (Wildman–Crippen LogP) is 3.95. The van der Waals surface area contributed by atoms with Crippen molar-refractivity contribution in [2.45, 2.75) is 0 Å². The molecule has 0 saturated heterocycles. The van der Waals surface area contributed by atoms with Crippen LogP contribution in [-0.2, 0) is 7.05 Å². The molecule has 25 heavy (non-hydrogen) atoms. The lowest BCUT2D eigenvalue weighted by molar-refractivity contribution is 0.372. The van der Waals surface area contributed by atoms with Crippen LogP contribution < -0.4 is 9.47 Å². The minimum absolute atomic E-state index is 0.0469. The topological polar surface area (TPSA) is 76.7 Å². The molecule has 0 radical (unpaired) electrons. The summed E-state index contributed by atoms with van der Waals surface area (Å²) in [4.78, 5) is 0. The zero-order valence-electron chi connectivity index (χ0n) is 13.9. The molecule has 3 rings (SSSR count). The Morgan fingerprint density at radius 2 is 1.64 bits per heavy atom. The first-order chi connectivity index (χ1) is 11.9. The molecule has 2 N–H and O–H groups in total. The Bertz CT molecular complexity index is 937. The van der Waals surface area contributed by atoms with Crippen molar-refractivity contribution in [3.05, 3.63) is 40.9 Å². The first kappa shape index (κ1) is 17.2. The van der Waals surface area contributed by atoms with Gasteiger partial charge in [-0.1, -0.05) is 0 Å². The molecule has 2 aromatic carbocycles. The molecule has 130 valence electrons. The van der Waals surface area contributed by atoms with E-state index in [4.69, 9.17) is 9.47 Å². The Morgan fingerprint density at radius 1 is 0.960 bits per heavy atom. The Labute approximate surface area is 153 Å². The van der Waals surface area contributed by atoms with E-state index < -0.39 is 0 Å². The van der Waals surface area contributed by atoms with Gasteiger partial charge in [-0.05, 0) is 52.3 Å². The predicted molar refractivity (Wildman–Crippen MR) is 98.2 cm³/mol. The van der Waals surface area contributed by atoms with Gasteiger partial charge in [-0.3, -0.25) is 4.68 Å². The normalized spacial score (nSPS) is 10.7. The summed E-state index contributed by atoms with van der Waals surface area (Å²) in [5, 5.41) is 24.3. The summed E-state index contributed by atoms with van der Waals surface area (Å²) < 4.78 is 12.6. The van der Waals surface area contributed by atoms with Crippen molar-refractivity contribution in [3.63, 3.8) is 0 Å². The molecule has 0 bridgehead atoms. The lowest BCUT2D eigenvalue weighted by Crippen LogP contribution is -1.94. The fraction of sp³-hybridized carbons (Fsp3) is 0.167. The third kappa shape index (κ3) is 3.15. The van der Waals surface area contributed by atoms with E-state index in [2.05, 4.69) is 21.0 Å². The minimum atomic E-state index is 0.0469. The number of rotatable bonds is 4. The average molecular weight is 405 g/mol. The summed E-state index contributed by atoms with van der Waals surface area (Å²) in [6.07, 6.45) is 0. The van der Waals surface area contributed by atoms with Gasteiger partial charge in [0.15, 0.2) is 23.0 Å². The smallest absolute Gasteiger partial charge is 0.172 e. The number of ether oxygens (including phenoxy) is 2. The van der Waals surface area contributed by atoms with Crippen molar-refractivity contribution >= 4 is 15.9 Å². The van der Waals surface area contributed by atoms with E-state index in [-0.39, 0.29) is 11.5 Å². The second-order valence-electron chi connectivity index (χ2n) is 5.43. The van der Waals surface area contributed by atoms with Crippen LogP contribution in [0.4, 0.5) is 0 Å². The summed E-state index contributed by atoms with van der Waals surface area (Å²) in [5.74, 6) is 0.892. The molecule has 7 heteroatoms. The van der Waals surface area contributed by atoms with Crippen LogP contribution in [0.2, 0.25) is 0 Å². The van der Waals surface area contributed by atoms with Gasteiger partial charge in [0.25, 0.3) is 0 Å². The van der Waals surface area contributed by atoms with Crippen LogP contribution in [-0.4, -0.2) is 34.2 Å². The fourth-order valence-electron chi connectivity index (χ4n) is 2.59. The van der Waals surface area contributed by atoms with Crippen molar-refractivity contribution in [3.8, 4) is 45.5 Å². The van der Waals surface area contributed by atoms with E-state index in [0.717, 1.165) is 22.5 Å². The van der Waals surface area contributed by atoms with E-state index in [1.807, 2.05) is 13.1 Å². The van der Waals surface area contributed by atoms with Crippen LogP contribution in [0.5, 0.6) is 23.0 Å². The van der Waals surface area contributed by atoms with E-state index in [1.165, 1.54) is 14.2 Å². The fourth-order valence-corrected chi connectivity index (χ4v) is 3.03. The van der Waals surface area contributed by atoms with E-state index in [9.17, 15) is 10.2 Å². The third-order valence-electron chi connectivity index (χ3n) is 3.90. The summed E-state index contributed by atoms with van der Waals surface area (Å²) in [7, 11) is 4.84. The van der Waals surface area contributed by atoms with Crippen molar-refractivity contribution in [2.24, 2.45) is 7.05 Å². The molecule has 6 nitrogen and oxygen atoms in total. The summed E-state index contributed by atoms with van der Waals surface area (Å²) in [6.45, 7) is 0. The van der Waals surface area contributed by atoms with Gasteiger partial charge in [-0.2, -0.15) is 5.10 Å². The number of methoxy groups -OCH3 is 2. The lowest BCUT2D eigenvalue weighted by atomic mass is 10.1. The highest BCUT2D eigenvalue weighted by atomic mass is 79.9. The highest BCUT2D eigenvalue weighted by Crippen LogP contribution is 2.39. The second-order valence-corrected chi connectivity index (χ2v) is 6.29. The van der Waals surface area contributed by atoms with Gasteiger partial charge in [-0.25, -0.2) is 0 Å². The second kappa shape index (κ2) is 6.68. The Morgan fingerprint density at radius 3 is 2.32 bits per heavy atom. The largest absolute Gasteiger partial charge is 0.504 e. The van der Waals surface area contributed by atoms with Crippen LogP contribution in [0.25, 0.3) is 22.5 Å². The summed E-state index contributed by atoms with van der Waals surface area (Å²) in [5.41, 5.74) is 3.25. The molecule has 1 heterocycles. The van der Waals surface area contributed by atoms with Gasteiger partial charge in [0, 0.05) is 18.2 Å². The zero-order chi connectivity index (χ0) is 18.1. The SMILES string of the molecule is COc1cc(-c2cc(-c3cc(Br)c(O)c(OC)c3)nn2C)ccc1O. The highest BCUT2D eigenvalue weighted by molar-refractivity contribution is 9.10. The number of aryl methyl sites for hydroxylation is 1. The van der Waals surface area contributed by atoms with Crippen molar-refractivity contribution in [1.29, 1.82) is 0 Å². The lowest BCUT2D eigenvalue weighted by Gasteiger charge is -2.07. The maximum absolute atomic E-state index is 9.96. The van der Waals surface area contributed by atoms with Crippen LogP contribution in [0.15, 0.2) is 40.9 Å². The molecule has 0 aliphatic rings. The maximum atomic E-state index is 9.96. The van der Waals surface area contributed by atoms with Gasteiger partial charge in [0.05, 0.1) is 30.1 Å². The number of nitrogens with zero attached hydrogens (tertiary/aromatic N) is 2. The minimum Gasteiger partial charge on any atom is -0.504 e. The van der Waals surface area contributed by atoms with E-state index >= 15 is 0 Å². The van der Waals surface area contributed by atoms with E-state index in [0.29, 0.717) is 16.0 Å². The van der Waals surface area contributed by atoms with Crippen molar-refractivity contribution in [2.75, 3.05) is 14.2 Å². The molecular weight excluding hydrogens is 388 g/mol. The molecule has 0 aliphatic heterocycles. The number of phenolic OH excluding ortho intramolecular Hbond substituents is 2. The van der Waals surface area contributed by atoms with Gasteiger partial charge < -0.3 is 19.7 Å². The van der Waals surface area contributed by atoms with Crippen LogP contribution in [0.3, 0.4) is 0 Å². The molecule has 0 atom stereocenters. The van der Waals surface area contributed by atoms with Crippen LogP contribution in [0.1, 0.15) is 0 Å². The standard InChI is InChI=1S/C18H17BrN2O4/c1-21-14(10-4-5-15(22)16(7-10)24-2)9-13(20-21)11-6-12(19)18(23)17(8-11)25-3/h4-9,22-23H,1-3H3. The number of benzene rings is 2. The first-order valence-corrected chi connectivity index (χ1v) is 8.22. The van der Waals surface area contributed by atoms with Crippen LogP contribution >= 0.6 is 15.9 Å². The van der Waals surface area contributed by atoms with Gasteiger partial charge >= 0.3 is 0 Å². The van der Waals surface area contributed by atoms with Gasteiger partial charge in [0.2, 0.25) is 0 Å². The van der Waals surface area contributed by atoms with Gasteiger partial charge in [-0.15, -0.1) is 0 Å². The number of phenols is 2. The number of halogens is 1. The summed E-state index contributed by atoms with van der Waals surface area (Å²) >= 11 is 3.32. The molecule has 0 saturated carbocycles. The number of hydrogen-bond acceptors (Lipinski definition) is 5.